The van der Waals surface area contributed by atoms with Gasteiger partial charge >= 0.3 is 0 Å². The number of benzene rings is 1. The van der Waals surface area contributed by atoms with Gasteiger partial charge in [0.2, 0.25) is 5.91 Å². The molecule has 1 aromatic carbocycles. The van der Waals surface area contributed by atoms with Gasteiger partial charge in [0.1, 0.15) is 0 Å². The Balaban J connectivity index is 0.00000484. The molecule has 0 unspecified atom stereocenters. The quantitative estimate of drug-likeness (QED) is 0.628. The van der Waals surface area contributed by atoms with Crippen LogP contribution in [0.15, 0.2) is 18.2 Å². The van der Waals surface area contributed by atoms with E-state index in [2.05, 4.69) is 16.0 Å². The van der Waals surface area contributed by atoms with Gasteiger partial charge in [0.25, 0.3) is 5.91 Å². The first-order valence-electron chi connectivity index (χ1n) is 7.35. The average molecular weight is 344 g/mol. The molecule has 0 radical (unpaired) electrons. The van der Waals surface area contributed by atoms with E-state index in [0.29, 0.717) is 24.4 Å². The number of carbonyl (C=O) groups excluding carboxylic acids is 2. The first kappa shape index (κ1) is 21.4. The summed E-state index contributed by atoms with van der Waals surface area (Å²) in [4.78, 5) is 23.9. The van der Waals surface area contributed by atoms with Crippen molar-refractivity contribution in [1.29, 1.82) is 0 Å². The largest absolute Gasteiger partial charge is 0.383 e. The zero-order valence-corrected chi connectivity index (χ0v) is 14.9. The van der Waals surface area contributed by atoms with Crippen LogP contribution >= 0.6 is 12.4 Å². The number of hydrogen-bond donors (Lipinski definition) is 3. The fourth-order valence-corrected chi connectivity index (χ4v) is 1.87. The van der Waals surface area contributed by atoms with Crippen molar-refractivity contribution in [1.82, 2.24) is 10.6 Å². The predicted molar refractivity (Wildman–Crippen MR) is 94.4 cm³/mol. The van der Waals surface area contributed by atoms with Gasteiger partial charge in [0.05, 0.1) is 13.2 Å². The SMILES string of the molecule is COCCNCC(=O)Nc1ccc(C)c(C(=O)NC(C)C)c1.Cl. The van der Waals surface area contributed by atoms with Crippen molar-refractivity contribution in [2.45, 2.75) is 26.8 Å². The monoisotopic (exact) mass is 343 g/mol. The lowest BCUT2D eigenvalue weighted by molar-refractivity contribution is -0.115. The van der Waals surface area contributed by atoms with E-state index in [4.69, 9.17) is 4.74 Å². The molecule has 1 aromatic rings. The Morgan fingerprint density at radius 2 is 1.96 bits per heavy atom. The van der Waals surface area contributed by atoms with Crippen molar-refractivity contribution < 1.29 is 14.3 Å². The summed E-state index contributed by atoms with van der Waals surface area (Å²) in [5.41, 5.74) is 2.05. The van der Waals surface area contributed by atoms with Crippen molar-refractivity contribution in [2.24, 2.45) is 0 Å². The number of carbonyl (C=O) groups is 2. The van der Waals surface area contributed by atoms with Gasteiger partial charge in [-0.3, -0.25) is 9.59 Å². The van der Waals surface area contributed by atoms with Crippen molar-refractivity contribution in [2.75, 3.05) is 32.1 Å². The molecule has 0 bridgehead atoms. The Kier molecular flexibility index (Phi) is 10.2. The minimum absolute atomic E-state index is 0. The second-order valence-electron chi connectivity index (χ2n) is 5.38. The Morgan fingerprint density at radius 1 is 1.26 bits per heavy atom. The standard InChI is InChI=1S/C16H25N3O3.ClH/c1-11(2)18-16(21)14-9-13(6-5-12(14)3)19-15(20)10-17-7-8-22-4;/h5-6,9,11,17H,7-8,10H2,1-4H3,(H,18,21)(H,19,20);1H. The molecule has 0 heterocycles. The molecular weight excluding hydrogens is 318 g/mol. The highest BCUT2D eigenvalue weighted by molar-refractivity contribution is 5.98. The van der Waals surface area contributed by atoms with Crippen molar-refractivity contribution in [3.05, 3.63) is 29.3 Å². The van der Waals surface area contributed by atoms with Gasteiger partial charge in [-0.15, -0.1) is 12.4 Å². The summed E-state index contributed by atoms with van der Waals surface area (Å²) in [6, 6.07) is 5.37. The molecule has 0 aliphatic heterocycles. The molecule has 1 rings (SSSR count). The fourth-order valence-electron chi connectivity index (χ4n) is 1.87. The van der Waals surface area contributed by atoms with Crippen molar-refractivity contribution >= 4 is 29.9 Å². The van der Waals surface area contributed by atoms with Gasteiger partial charge in [0, 0.05) is 30.9 Å². The molecule has 0 saturated carbocycles. The maximum atomic E-state index is 12.1. The molecule has 0 spiro atoms. The van der Waals surface area contributed by atoms with Crippen LogP contribution in [0.2, 0.25) is 0 Å². The van der Waals surface area contributed by atoms with E-state index in [1.54, 1.807) is 19.2 Å². The van der Waals surface area contributed by atoms with Crippen molar-refractivity contribution in [3.63, 3.8) is 0 Å². The van der Waals surface area contributed by atoms with Gasteiger partial charge in [-0.25, -0.2) is 0 Å². The van der Waals surface area contributed by atoms with Gasteiger partial charge in [-0.05, 0) is 38.5 Å². The molecule has 2 amide bonds. The molecule has 0 saturated heterocycles. The Morgan fingerprint density at radius 3 is 2.57 bits per heavy atom. The number of amides is 2. The number of halogens is 1. The van der Waals surface area contributed by atoms with Crippen LogP contribution in [0.1, 0.15) is 29.8 Å². The third-order valence-electron chi connectivity index (χ3n) is 2.95. The molecule has 23 heavy (non-hydrogen) atoms. The lowest BCUT2D eigenvalue weighted by Gasteiger charge is -2.12. The third-order valence-corrected chi connectivity index (χ3v) is 2.95. The molecule has 0 atom stereocenters. The first-order valence-corrected chi connectivity index (χ1v) is 7.35. The lowest BCUT2D eigenvalue weighted by atomic mass is 10.1. The van der Waals surface area contributed by atoms with Gasteiger partial charge < -0.3 is 20.7 Å². The Bertz CT molecular complexity index is 521. The molecule has 0 aliphatic rings. The summed E-state index contributed by atoms with van der Waals surface area (Å²) in [6.45, 7) is 7.05. The molecule has 0 aliphatic carbocycles. The number of methoxy groups -OCH3 is 1. The number of hydrogen-bond acceptors (Lipinski definition) is 4. The highest BCUT2D eigenvalue weighted by Gasteiger charge is 2.11. The molecule has 6 nitrogen and oxygen atoms in total. The van der Waals surface area contributed by atoms with Crippen molar-refractivity contribution in [3.8, 4) is 0 Å². The molecule has 7 heteroatoms. The van der Waals surface area contributed by atoms with Crippen LogP contribution in [0, 0.1) is 6.92 Å². The van der Waals surface area contributed by atoms with Crippen LogP contribution in [-0.2, 0) is 9.53 Å². The van der Waals surface area contributed by atoms with Crippen LogP contribution in [0.5, 0.6) is 0 Å². The van der Waals surface area contributed by atoms with Crippen LogP contribution in [-0.4, -0.2) is 44.7 Å². The summed E-state index contributed by atoms with van der Waals surface area (Å²) >= 11 is 0. The third kappa shape index (κ3) is 7.97. The molecule has 0 fully saturated rings. The maximum Gasteiger partial charge on any atom is 0.251 e. The number of anilines is 1. The smallest absolute Gasteiger partial charge is 0.251 e. The second-order valence-corrected chi connectivity index (χ2v) is 5.38. The molecular formula is C16H26ClN3O3. The second kappa shape index (κ2) is 11.0. The van der Waals surface area contributed by atoms with Crippen LogP contribution in [0.4, 0.5) is 5.69 Å². The summed E-state index contributed by atoms with van der Waals surface area (Å²) in [7, 11) is 1.61. The van der Waals surface area contributed by atoms with E-state index < -0.39 is 0 Å². The number of ether oxygens (including phenoxy) is 1. The van der Waals surface area contributed by atoms with Gasteiger partial charge in [-0.2, -0.15) is 0 Å². The van der Waals surface area contributed by atoms with Crippen LogP contribution in [0.3, 0.4) is 0 Å². The van der Waals surface area contributed by atoms with E-state index in [1.165, 1.54) is 0 Å². The number of rotatable bonds is 8. The summed E-state index contributed by atoms with van der Waals surface area (Å²) in [6.07, 6.45) is 0. The maximum absolute atomic E-state index is 12.1. The fraction of sp³-hybridized carbons (Fsp3) is 0.500. The molecule has 130 valence electrons. The lowest BCUT2D eigenvalue weighted by Crippen LogP contribution is -2.31. The van der Waals surface area contributed by atoms with Gasteiger partial charge in [-0.1, -0.05) is 6.07 Å². The van der Waals surface area contributed by atoms with Crippen LogP contribution in [0.25, 0.3) is 0 Å². The Labute approximate surface area is 143 Å². The van der Waals surface area contributed by atoms with E-state index in [1.807, 2.05) is 26.8 Å². The molecule has 3 N–H and O–H groups in total. The highest BCUT2D eigenvalue weighted by atomic mass is 35.5. The first-order chi connectivity index (χ1) is 10.4. The van der Waals surface area contributed by atoms with Crippen LogP contribution < -0.4 is 16.0 Å². The zero-order chi connectivity index (χ0) is 16.5. The minimum Gasteiger partial charge on any atom is -0.383 e. The minimum atomic E-state index is -0.157. The summed E-state index contributed by atoms with van der Waals surface area (Å²) in [5, 5.41) is 8.59. The summed E-state index contributed by atoms with van der Waals surface area (Å²) in [5.74, 6) is -0.294. The van der Waals surface area contributed by atoms with E-state index in [0.717, 1.165) is 5.56 Å². The Hall–Kier alpha value is -1.63. The molecule has 0 aromatic heterocycles. The highest BCUT2D eigenvalue weighted by Crippen LogP contribution is 2.15. The average Bonchev–Trinajstić information content (AvgIpc) is 2.45. The topological polar surface area (TPSA) is 79.5 Å². The summed E-state index contributed by atoms with van der Waals surface area (Å²) < 4.78 is 4.89. The number of nitrogens with one attached hydrogen (secondary N) is 3. The van der Waals surface area contributed by atoms with E-state index >= 15 is 0 Å². The number of aryl methyl sites for hydroxylation is 1. The normalized spacial score (nSPS) is 10.1. The predicted octanol–water partition coefficient (Wildman–Crippen LogP) is 1.73. The van der Waals surface area contributed by atoms with E-state index in [9.17, 15) is 9.59 Å². The van der Waals surface area contributed by atoms with E-state index in [-0.39, 0.29) is 36.8 Å². The van der Waals surface area contributed by atoms with Gasteiger partial charge in [0.15, 0.2) is 0 Å². The zero-order valence-electron chi connectivity index (χ0n) is 14.1.